The van der Waals surface area contributed by atoms with Gasteiger partial charge in [0.1, 0.15) is 0 Å². The van der Waals surface area contributed by atoms with E-state index in [1.807, 2.05) is 4.90 Å². The molecule has 0 amide bonds. The topological polar surface area (TPSA) is 15.3 Å². The van der Waals surface area contributed by atoms with Crippen molar-refractivity contribution in [3.8, 4) is 0 Å². The van der Waals surface area contributed by atoms with Crippen LogP contribution in [0.25, 0.3) is 0 Å². The number of rotatable bonds is 2. The Balaban J connectivity index is 2.35. The molecule has 1 aliphatic heterocycles. The number of nitrogens with zero attached hydrogens (tertiary/aromatic N) is 1. The van der Waals surface area contributed by atoms with Crippen molar-refractivity contribution in [3.05, 3.63) is 28.2 Å². The Labute approximate surface area is 131 Å². The molecule has 1 aromatic carbocycles. The molecule has 21 heavy (non-hydrogen) atoms. The van der Waals surface area contributed by atoms with Crippen molar-refractivity contribution in [2.24, 2.45) is 5.92 Å². The van der Waals surface area contributed by atoms with Gasteiger partial charge in [0.05, 0.1) is 5.56 Å². The van der Waals surface area contributed by atoms with E-state index in [-0.39, 0.29) is 11.7 Å². The van der Waals surface area contributed by atoms with Gasteiger partial charge in [0.15, 0.2) is 0 Å². The molecule has 2 rings (SSSR count). The monoisotopic (exact) mass is 364 g/mol. The second kappa shape index (κ2) is 6.57. The molecule has 1 saturated heterocycles. The van der Waals surface area contributed by atoms with E-state index in [0.29, 0.717) is 23.5 Å². The highest BCUT2D eigenvalue weighted by molar-refractivity contribution is 9.10. The zero-order chi connectivity index (χ0) is 15.6. The molecule has 1 aliphatic rings. The summed E-state index contributed by atoms with van der Waals surface area (Å²) in [5, 5.41) is 3.42. The van der Waals surface area contributed by atoms with Crippen LogP contribution in [0, 0.1) is 5.92 Å². The Kier molecular flexibility index (Phi) is 5.20. The molecule has 0 aliphatic carbocycles. The highest BCUT2D eigenvalue weighted by atomic mass is 79.9. The van der Waals surface area contributed by atoms with Gasteiger partial charge in [0, 0.05) is 29.3 Å². The fourth-order valence-electron chi connectivity index (χ4n) is 2.63. The van der Waals surface area contributed by atoms with Gasteiger partial charge in [-0.05, 0) is 37.1 Å². The molecule has 1 unspecified atom stereocenters. The lowest BCUT2D eigenvalue weighted by atomic mass is 10.0. The summed E-state index contributed by atoms with van der Waals surface area (Å²) in [5.74, 6) is 0.385. The number of anilines is 1. The van der Waals surface area contributed by atoms with Crippen molar-refractivity contribution in [1.82, 2.24) is 5.32 Å². The molecule has 6 heteroatoms. The van der Waals surface area contributed by atoms with Gasteiger partial charge in [-0.25, -0.2) is 0 Å². The maximum Gasteiger partial charge on any atom is 0.418 e. The van der Waals surface area contributed by atoms with Gasteiger partial charge in [0.2, 0.25) is 0 Å². The molecule has 0 spiro atoms. The zero-order valence-electron chi connectivity index (χ0n) is 12.2. The molecule has 1 N–H and O–H groups in total. The van der Waals surface area contributed by atoms with Crippen LogP contribution in [0.2, 0.25) is 0 Å². The van der Waals surface area contributed by atoms with Gasteiger partial charge in [-0.3, -0.25) is 0 Å². The zero-order valence-corrected chi connectivity index (χ0v) is 13.8. The van der Waals surface area contributed by atoms with Crippen LogP contribution >= 0.6 is 15.9 Å². The Bertz CT molecular complexity index is 488. The summed E-state index contributed by atoms with van der Waals surface area (Å²) in [6.07, 6.45) is -3.50. The molecule has 0 bridgehead atoms. The minimum atomic E-state index is -4.34. The first kappa shape index (κ1) is 16.6. The predicted molar refractivity (Wildman–Crippen MR) is 82.6 cm³/mol. The van der Waals surface area contributed by atoms with Gasteiger partial charge in [-0.2, -0.15) is 13.2 Å². The number of halogens is 4. The number of hydrogen-bond acceptors (Lipinski definition) is 2. The summed E-state index contributed by atoms with van der Waals surface area (Å²) < 4.78 is 40.3. The van der Waals surface area contributed by atoms with E-state index in [1.54, 1.807) is 12.1 Å². The van der Waals surface area contributed by atoms with Gasteiger partial charge in [-0.1, -0.05) is 29.8 Å². The smallest absolute Gasteiger partial charge is 0.369 e. The van der Waals surface area contributed by atoms with Crippen LogP contribution in [-0.2, 0) is 6.18 Å². The SMILES string of the molecule is CC(C)C1CN(c2ccc(Br)cc2C(F)(F)F)CCCN1. The molecule has 118 valence electrons. The summed E-state index contributed by atoms with van der Waals surface area (Å²) >= 11 is 3.13. The van der Waals surface area contributed by atoms with Crippen molar-refractivity contribution in [2.45, 2.75) is 32.5 Å². The Hall–Kier alpha value is -0.750. The van der Waals surface area contributed by atoms with Gasteiger partial charge >= 0.3 is 6.18 Å². The quantitative estimate of drug-likeness (QED) is 0.841. The summed E-state index contributed by atoms with van der Waals surface area (Å²) in [4.78, 5) is 1.86. The van der Waals surface area contributed by atoms with E-state index in [0.717, 1.165) is 19.0 Å². The molecule has 2 nitrogen and oxygen atoms in total. The Morgan fingerprint density at radius 2 is 2.05 bits per heavy atom. The fraction of sp³-hybridized carbons (Fsp3) is 0.600. The normalized spacial score (nSPS) is 20.7. The third-order valence-electron chi connectivity index (χ3n) is 3.84. The molecule has 1 aromatic rings. The molecule has 0 radical (unpaired) electrons. The van der Waals surface area contributed by atoms with E-state index < -0.39 is 11.7 Å². The van der Waals surface area contributed by atoms with Crippen molar-refractivity contribution in [3.63, 3.8) is 0 Å². The lowest BCUT2D eigenvalue weighted by Crippen LogP contribution is -2.41. The second-order valence-electron chi connectivity index (χ2n) is 5.76. The fourth-order valence-corrected chi connectivity index (χ4v) is 2.99. The molecule has 0 saturated carbocycles. The molecule has 1 heterocycles. The lowest BCUT2D eigenvalue weighted by Gasteiger charge is -2.30. The summed E-state index contributed by atoms with van der Waals surface area (Å²) in [6, 6.07) is 4.61. The summed E-state index contributed by atoms with van der Waals surface area (Å²) in [6.45, 7) is 6.27. The Morgan fingerprint density at radius 1 is 1.33 bits per heavy atom. The largest absolute Gasteiger partial charge is 0.418 e. The first-order valence-electron chi connectivity index (χ1n) is 7.14. The van der Waals surface area contributed by atoms with Gasteiger partial charge in [-0.15, -0.1) is 0 Å². The van der Waals surface area contributed by atoms with Crippen LogP contribution in [0.1, 0.15) is 25.8 Å². The molecular weight excluding hydrogens is 345 g/mol. The maximum absolute atomic E-state index is 13.3. The highest BCUT2D eigenvalue weighted by Crippen LogP contribution is 2.38. The van der Waals surface area contributed by atoms with Crippen molar-refractivity contribution < 1.29 is 13.2 Å². The second-order valence-corrected chi connectivity index (χ2v) is 6.68. The van der Waals surface area contributed by atoms with Crippen LogP contribution in [0.5, 0.6) is 0 Å². The van der Waals surface area contributed by atoms with Crippen molar-refractivity contribution in [1.29, 1.82) is 0 Å². The molecule has 1 fully saturated rings. The molecule has 1 atom stereocenters. The van der Waals surface area contributed by atoms with Gasteiger partial charge in [0.25, 0.3) is 0 Å². The predicted octanol–water partition coefficient (Wildman–Crippen LogP) is 4.29. The van der Waals surface area contributed by atoms with Crippen LogP contribution in [0.3, 0.4) is 0 Å². The van der Waals surface area contributed by atoms with Crippen LogP contribution in [0.15, 0.2) is 22.7 Å². The average molecular weight is 365 g/mol. The standard InChI is InChI=1S/C15H20BrF3N2/c1-10(2)13-9-21(7-3-6-20-13)14-5-4-11(16)8-12(14)15(17,18)19/h4-5,8,10,13,20H,3,6-7,9H2,1-2H3. The summed E-state index contributed by atoms with van der Waals surface area (Å²) in [5.41, 5.74) is -0.290. The van der Waals surface area contributed by atoms with Crippen LogP contribution in [-0.4, -0.2) is 25.7 Å². The van der Waals surface area contributed by atoms with Crippen molar-refractivity contribution >= 4 is 21.6 Å². The number of hydrogen-bond donors (Lipinski definition) is 1. The maximum atomic E-state index is 13.3. The van der Waals surface area contributed by atoms with E-state index in [1.165, 1.54) is 0 Å². The average Bonchev–Trinajstić information content (AvgIpc) is 2.63. The minimum absolute atomic E-state index is 0.206. The third-order valence-corrected chi connectivity index (χ3v) is 4.33. The third kappa shape index (κ3) is 4.13. The first-order chi connectivity index (χ1) is 9.79. The highest BCUT2D eigenvalue weighted by Gasteiger charge is 2.35. The minimum Gasteiger partial charge on any atom is -0.369 e. The van der Waals surface area contributed by atoms with Crippen LogP contribution in [0.4, 0.5) is 18.9 Å². The molecular formula is C15H20BrF3N2. The van der Waals surface area contributed by atoms with E-state index in [9.17, 15) is 13.2 Å². The van der Waals surface area contributed by atoms with E-state index in [2.05, 4.69) is 35.1 Å². The van der Waals surface area contributed by atoms with E-state index in [4.69, 9.17) is 0 Å². The lowest BCUT2D eigenvalue weighted by molar-refractivity contribution is -0.137. The van der Waals surface area contributed by atoms with Crippen LogP contribution < -0.4 is 10.2 Å². The number of benzene rings is 1. The number of alkyl halides is 3. The number of nitrogens with one attached hydrogen (secondary N) is 1. The first-order valence-corrected chi connectivity index (χ1v) is 7.93. The summed E-state index contributed by atoms with van der Waals surface area (Å²) in [7, 11) is 0. The van der Waals surface area contributed by atoms with E-state index >= 15 is 0 Å². The van der Waals surface area contributed by atoms with Crippen molar-refractivity contribution in [2.75, 3.05) is 24.5 Å². The molecule has 0 aromatic heterocycles. The van der Waals surface area contributed by atoms with Gasteiger partial charge < -0.3 is 10.2 Å². The Morgan fingerprint density at radius 3 is 2.67 bits per heavy atom.